The van der Waals surface area contributed by atoms with E-state index in [9.17, 15) is 5.11 Å². The summed E-state index contributed by atoms with van der Waals surface area (Å²) >= 11 is 0. The maximum Gasteiger partial charge on any atom is 0.118 e. The van der Waals surface area contributed by atoms with Crippen molar-refractivity contribution < 1.29 is 24.4 Å². The molecule has 0 amide bonds. The molecule has 1 unspecified atom stereocenters. The van der Waals surface area contributed by atoms with Crippen molar-refractivity contribution in [3.8, 4) is 17.2 Å². The molecule has 5 heteroatoms. The van der Waals surface area contributed by atoms with Crippen LogP contribution in [0.5, 0.6) is 17.2 Å². The molecule has 3 rings (SSSR count). The summed E-state index contributed by atoms with van der Waals surface area (Å²) in [4.78, 5) is 0. The number of benzene rings is 3. The lowest BCUT2D eigenvalue weighted by Crippen LogP contribution is -1.99. The van der Waals surface area contributed by atoms with Crippen LogP contribution < -0.4 is 14.2 Å². The summed E-state index contributed by atoms with van der Waals surface area (Å²) in [5.41, 5.74) is 2.58. The molecule has 0 aliphatic carbocycles. The third-order valence-corrected chi connectivity index (χ3v) is 4.46. The predicted octanol–water partition coefficient (Wildman–Crippen LogP) is 4.53. The van der Waals surface area contributed by atoms with Gasteiger partial charge in [0.2, 0.25) is 0 Å². The summed E-state index contributed by atoms with van der Waals surface area (Å²) < 4.78 is 15.1. The summed E-state index contributed by atoms with van der Waals surface area (Å²) in [7, 11) is 4.86. The van der Waals surface area contributed by atoms with Crippen molar-refractivity contribution >= 4 is 0 Å². The summed E-state index contributed by atoms with van der Waals surface area (Å²) in [5, 5.41) is 19.4. The molecule has 3 aromatic rings. The number of ether oxygens (including phenoxy) is 3. The van der Waals surface area contributed by atoms with Gasteiger partial charge in [-0.15, -0.1) is 0 Å². The van der Waals surface area contributed by atoms with Gasteiger partial charge in [0.05, 0.1) is 27.4 Å². The minimum atomic E-state index is -0.637. The third-order valence-electron chi connectivity index (χ3n) is 4.46. The van der Waals surface area contributed by atoms with Crippen LogP contribution in [0.1, 0.15) is 35.8 Å². The van der Waals surface area contributed by atoms with Crippen LogP contribution in [0.2, 0.25) is 0 Å². The first kappa shape index (κ1) is 22.3. The average molecular weight is 396 g/mol. The molecule has 3 aromatic carbocycles. The van der Waals surface area contributed by atoms with Crippen LogP contribution in [0.3, 0.4) is 0 Å². The molecule has 0 saturated carbocycles. The molecule has 5 nitrogen and oxygen atoms in total. The van der Waals surface area contributed by atoms with Gasteiger partial charge in [-0.05, 0) is 60.0 Å². The second-order valence-corrected chi connectivity index (χ2v) is 6.40. The van der Waals surface area contributed by atoms with E-state index in [2.05, 4.69) is 0 Å². The van der Waals surface area contributed by atoms with Gasteiger partial charge in [-0.1, -0.05) is 36.4 Å². The Labute approximate surface area is 172 Å². The average Bonchev–Trinajstić information content (AvgIpc) is 2.79. The molecule has 0 aliphatic heterocycles. The van der Waals surface area contributed by atoms with E-state index in [1.165, 1.54) is 0 Å². The van der Waals surface area contributed by atoms with Gasteiger partial charge in [-0.25, -0.2) is 0 Å². The third kappa shape index (κ3) is 6.52. The van der Waals surface area contributed by atoms with E-state index in [4.69, 9.17) is 19.3 Å². The monoisotopic (exact) mass is 396 g/mol. The van der Waals surface area contributed by atoms with E-state index >= 15 is 0 Å². The second kappa shape index (κ2) is 11.1. The molecule has 0 fully saturated rings. The maximum atomic E-state index is 10.2. The summed E-state index contributed by atoms with van der Waals surface area (Å²) in [6.07, 6.45) is -1.04. The van der Waals surface area contributed by atoms with Crippen molar-refractivity contribution in [2.45, 2.75) is 19.1 Å². The van der Waals surface area contributed by atoms with E-state index < -0.39 is 12.2 Å². The molecule has 0 radical (unpaired) electrons. The Balaban J connectivity index is 0.000000234. The smallest absolute Gasteiger partial charge is 0.118 e. The maximum absolute atomic E-state index is 10.2. The molecular formula is C24H28O5. The van der Waals surface area contributed by atoms with Gasteiger partial charge in [-0.2, -0.15) is 0 Å². The molecule has 2 N–H and O–H groups in total. The number of methoxy groups -OCH3 is 3. The number of aliphatic hydroxyl groups is 2. The van der Waals surface area contributed by atoms with E-state index in [0.717, 1.165) is 33.9 Å². The lowest BCUT2D eigenvalue weighted by Gasteiger charge is -2.12. The van der Waals surface area contributed by atoms with E-state index in [1.807, 2.05) is 72.8 Å². The molecule has 0 heterocycles. The molecule has 0 aromatic heterocycles. The number of rotatable bonds is 6. The lowest BCUT2D eigenvalue weighted by molar-refractivity contribution is 0.199. The zero-order chi connectivity index (χ0) is 21.2. The second-order valence-electron chi connectivity index (χ2n) is 6.40. The molecule has 0 bridgehead atoms. The Kier molecular flexibility index (Phi) is 8.52. The van der Waals surface area contributed by atoms with Crippen LogP contribution >= 0.6 is 0 Å². The predicted molar refractivity (Wildman–Crippen MR) is 114 cm³/mol. The van der Waals surface area contributed by atoms with Crippen LogP contribution in [0.4, 0.5) is 0 Å². The Morgan fingerprint density at radius 1 is 0.517 bits per heavy atom. The van der Waals surface area contributed by atoms with Gasteiger partial charge in [0, 0.05) is 0 Å². The highest BCUT2D eigenvalue weighted by atomic mass is 16.5. The summed E-state index contributed by atoms with van der Waals surface area (Å²) in [6, 6.07) is 22.1. The Morgan fingerprint density at radius 2 is 0.793 bits per heavy atom. The minimum Gasteiger partial charge on any atom is -0.497 e. The molecule has 0 aliphatic rings. The van der Waals surface area contributed by atoms with Crippen molar-refractivity contribution in [3.05, 3.63) is 89.5 Å². The molecular weight excluding hydrogens is 368 g/mol. The Bertz CT molecular complexity index is 792. The van der Waals surface area contributed by atoms with E-state index in [1.54, 1.807) is 28.3 Å². The lowest BCUT2D eigenvalue weighted by atomic mass is 10.0. The largest absolute Gasteiger partial charge is 0.497 e. The van der Waals surface area contributed by atoms with Crippen molar-refractivity contribution in [2.75, 3.05) is 21.3 Å². The van der Waals surface area contributed by atoms with Gasteiger partial charge in [-0.3, -0.25) is 0 Å². The van der Waals surface area contributed by atoms with Gasteiger partial charge >= 0.3 is 0 Å². The normalized spacial score (nSPS) is 11.3. The molecule has 29 heavy (non-hydrogen) atoms. The minimum absolute atomic E-state index is 0.402. The highest BCUT2D eigenvalue weighted by molar-refractivity contribution is 5.36. The fraction of sp³-hybridized carbons (Fsp3) is 0.250. The highest BCUT2D eigenvalue weighted by Gasteiger charge is 2.10. The van der Waals surface area contributed by atoms with Crippen molar-refractivity contribution in [3.63, 3.8) is 0 Å². The van der Waals surface area contributed by atoms with Gasteiger partial charge in [0.15, 0.2) is 0 Å². The number of hydrogen-bond donors (Lipinski definition) is 2. The summed E-state index contributed by atoms with van der Waals surface area (Å²) in [6.45, 7) is 1.74. The van der Waals surface area contributed by atoms with E-state index in [-0.39, 0.29) is 0 Å². The first-order chi connectivity index (χ1) is 14.0. The Morgan fingerprint density at radius 3 is 1.03 bits per heavy atom. The van der Waals surface area contributed by atoms with Gasteiger partial charge in [0.1, 0.15) is 23.4 Å². The molecule has 154 valence electrons. The van der Waals surface area contributed by atoms with E-state index in [0.29, 0.717) is 0 Å². The van der Waals surface area contributed by atoms with Crippen molar-refractivity contribution in [1.82, 2.24) is 0 Å². The zero-order valence-electron chi connectivity index (χ0n) is 17.2. The first-order valence-corrected chi connectivity index (χ1v) is 9.26. The molecule has 0 saturated heterocycles. The first-order valence-electron chi connectivity index (χ1n) is 9.26. The van der Waals surface area contributed by atoms with Crippen LogP contribution in [-0.4, -0.2) is 31.5 Å². The standard InChI is InChI=1S/C15H16O3.C9H12O2/c1-17-13-7-3-11(4-8-13)15(16)12-5-9-14(18-2)10-6-12;1-7(10)8-3-5-9(11-2)6-4-8/h3-10,15-16H,1-2H3;3-7,10H,1-2H3. The van der Waals surface area contributed by atoms with Crippen LogP contribution in [0.15, 0.2) is 72.8 Å². The fourth-order valence-corrected chi connectivity index (χ4v) is 2.65. The SMILES string of the molecule is COc1ccc(C(C)O)cc1.COc1ccc(C(O)c2ccc(OC)cc2)cc1. The molecule has 1 atom stereocenters. The highest BCUT2D eigenvalue weighted by Crippen LogP contribution is 2.25. The fourth-order valence-electron chi connectivity index (χ4n) is 2.65. The molecule has 0 spiro atoms. The topological polar surface area (TPSA) is 68.2 Å². The quantitative estimate of drug-likeness (QED) is 0.641. The van der Waals surface area contributed by atoms with Gasteiger partial charge in [0.25, 0.3) is 0 Å². The van der Waals surface area contributed by atoms with Crippen molar-refractivity contribution in [1.29, 1.82) is 0 Å². The van der Waals surface area contributed by atoms with Crippen molar-refractivity contribution in [2.24, 2.45) is 0 Å². The van der Waals surface area contributed by atoms with Gasteiger partial charge < -0.3 is 24.4 Å². The van der Waals surface area contributed by atoms with Crippen LogP contribution in [0, 0.1) is 0 Å². The number of hydrogen-bond acceptors (Lipinski definition) is 5. The van der Waals surface area contributed by atoms with Crippen LogP contribution in [0.25, 0.3) is 0 Å². The number of aliphatic hydroxyl groups excluding tert-OH is 2. The zero-order valence-corrected chi connectivity index (χ0v) is 17.2. The Hall–Kier alpha value is -3.02. The summed E-state index contributed by atoms with van der Waals surface area (Å²) in [5.74, 6) is 2.37. The van der Waals surface area contributed by atoms with Crippen LogP contribution in [-0.2, 0) is 0 Å².